The van der Waals surface area contributed by atoms with Crippen molar-refractivity contribution in [3.63, 3.8) is 0 Å². The first-order valence-electron chi connectivity index (χ1n) is 4.25. The average Bonchev–Trinajstić information content (AvgIpc) is 2.08. The third-order valence-corrected chi connectivity index (χ3v) is 2.05. The Morgan fingerprint density at radius 2 is 1.83 bits per heavy atom. The average molecular weight is 177 g/mol. The molecule has 1 unspecified atom stereocenters. The second-order valence-corrected chi connectivity index (χ2v) is 3.18. The summed E-state index contributed by atoms with van der Waals surface area (Å²) in [4.78, 5) is 0. The first-order valence-corrected chi connectivity index (χ1v) is 4.25. The largest absolute Gasteiger partial charge is 0.394 e. The lowest BCUT2D eigenvalue weighted by Crippen LogP contribution is -2.53. The van der Waals surface area contributed by atoms with Crippen molar-refractivity contribution in [1.29, 1.82) is 0 Å². The minimum atomic E-state index is -0.642. The molecule has 74 valence electrons. The number of hydrogen-bond donors (Lipinski definition) is 4. The topological polar surface area (TPSA) is 72.7 Å². The minimum Gasteiger partial charge on any atom is -0.394 e. The Labute approximate surface area is 73.2 Å². The van der Waals surface area contributed by atoms with Crippen LogP contribution in [0.5, 0.6) is 0 Å². The molecule has 0 radical (unpaired) electrons. The highest BCUT2D eigenvalue weighted by Crippen LogP contribution is 2.07. The van der Waals surface area contributed by atoms with Crippen LogP contribution in [-0.4, -0.2) is 46.7 Å². The van der Waals surface area contributed by atoms with Gasteiger partial charge in [0.15, 0.2) is 0 Å². The van der Waals surface area contributed by atoms with Gasteiger partial charge in [0, 0.05) is 6.54 Å². The van der Waals surface area contributed by atoms with E-state index < -0.39 is 11.6 Å². The maximum Gasteiger partial charge on any atom is 0.0646 e. The van der Waals surface area contributed by atoms with E-state index in [4.69, 9.17) is 15.3 Å². The van der Waals surface area contributed by atoms with E-state index in [1.54, 1.807) is 6.92 Å². The van der Waals surface area contributed by atoms with Gasteiger partial charge in [0.25, 0.3) is 0 Å². The molecular weight excluding hydrogens is 158 g/mol. The zero-order valence-electron chi connectivity index (χ0n) is 7.75. The molecule has 4 heteroatoms. The van der Waals surface area contributed by atoms with E-state index in [-0.39, 0.29) is 13.2 Å². The van der Waals surface area contributed by atoms with Gasteiger partial charge >= 0.3 is 0 Å². The van der Waals surface area contributed by atoms with Crippen LogP contribution < -0.4 is 5.32 Å². The van der Waals surface area contributed by atoms with Gasteiger partial charge in [-0.2, -0.15) is 0 Å². The second-order valence-electron chi connectivity index (χ2n) is 3.18. The summed E-state index contributed by atoms with van der Waals surface area (Å²) in [5.74, 6) is 0. The Bertz CT molecular complexity index is 105. The van der Waals surface area contributed by atoms with E-state index in [9.17, 15) is 0 Å². The molecule has 4 N–H and O–H groups in total. The molecule has 0 bridgehead atoms. The van der Waals surface area contributed by atoms with Gasteiger partial charge in [-0.3, -0.25) is 0 Å². The van der Waals surface area contributed by atoms with Crippen molar-refractivity contribution < 1.29 is 15.3 Å². The molecule has 1 atom stereocenters. The van der Waals surface area contributed by atoms with E-state index in [0.717, 1.165) is 0 Å². The Hall–Kier alpha value is -0.160. The summed E-state index contributed by atoms with van der Waals surface area (Å²) in [6.45, 7) is 3.68. The third-order valence-electron chi connectivity index (χ3n) is 2.05. The van der Waals surface area contributed by atoms with Crippen molar-refractivity contribution >= 4 is 0 Å². The number of nitrogens with one attached hydrogen (secondary N) is 1. The standard InChI is InChI=1S/C8H19NO3/c1-3-8(5-10,6-11)9-4-7(2)12/h7,9-12H,3-6H2,1-2H3. The Morgan fingerprint density at radius 3 is 2.08 bits per heavy atom. The van der Waals surface area contributed by atoms with E-state index >= 15 is 0 Å². The molecule has 0 aliphatic carbocycles. The van der Waals surface area contributed by atoms with Crippen LogP contribution in [0.3, 0.4) is 0 Å². The first kappa shape index (κ1) is 11.8. The Morgan fingerprint density at radius 1 is 1.33 bits per heavy atom. The summed E-state index contributed by atoms with van der Waals surface area (Å²) in [7, 11) is 0. The fraction of sp³-hybridized carbons (Fsp3) is 1.00. The van der Waals surface area contributed by atoms with Gasteiger partial charge in [0.05, 0.1) is 24.9 Å². The molecule has 0 saturated carbocycles. The molecule has 0 aromatic heterocycles. The lowest BCUT2D eigenvalue weighted by atomic mass is 9.98. The fourth-order valence-electron chi connectivity index (χ4n) is 0.875. The minimum absolute atomic E-state index is 0.118. The molecule has 0 spiro atoms. The maximum atomic E-state index is 8.99. The maximum absolute atomic E-state index is 8.99. The van der Waals surface area contributed by atoms with Crippen molar-refractivity contribution in [3.8, 4) is 0 Å². The smallest absolute Gasteiger partial charge is 0.0646 e. The Balaban J connectivity index is 3.93. The SMILES string of the molecule is CCC(CO)(CO)NCC(C)O. The second kappa shape index (κ2) is 5.48. The van der Waals surface area contributed by atoms with Crippen molar-refractivity contribution in [2.24, 2.45) is 0 Å². The normalized spacial score (nSPS) is 14.8. The zero-order chi connectivity index (χ0) is 9.61. The molecule has 0 heterocycles. The Kier molecular flexibility index (Phi) is 5.41. The molecule has 0 fully saturated rings. The molecule has 0 aromatic carbocycles. The summed E-state index contributed by atoms with van der Waals surface area (Å²) in [5.41, 5.74) is -0.642. The van der Waals surface area contributed by atoms with Gasteiger partial charge in [-0.25, -0.2) is 0 Å². The van der Waals surface area contributed by atoms with Crippen LogP contribution in [-0.2, 0) is 0 Å². The summed E-state index contributed by atoms with van der Waals surface area (Å²) in [5, 5.41) is 29.9. The van der Waals surface area contributed by atoms with E-state index in [0.29, 0.717) is 13.0 Å². The van der Waals surface area contributed by atoms with E-state index in [1.807, 2.05) is 6.92 Å². The molecule has 0 aliphatic heterocycles. The van der Waals surface area contributed by atoms with Gasteiger partial charge in [0.2, 0.25) is 0 Å². The van der Waals surface area contributed by atoms with Crippen LogP contribution in [0.1, 0.15) is 20.3 Å². The monoisotopic (exact) mass is 177 g/mol. The van der Waals surface area contributed by atoms with Gasteiger partial charge in [-0.1, -0.05) is 6.92 Å². The number of aliphatic hydroxyl groups excluding tert-OH is 3. The molecule has 0 rings (SSSR count). The molecule has 0 aliphatic rings. The molecule has 4 nitrogen and oxygen atoms in total. The fourth-order valence-corrected chi connectivity index (χ4v) is 0.875. The van der Waals surface area contributed by atoms with Gasteiger partial charge < -0.3 is 20.6 Å². The van der Waals surface area contributed by atoms with Crippen molar-refractivity contribution in [1.82, 2.24) is 5.32 Å². The number of β-amino-alcohol motifs (C(OH)–C–C–N with tert-alkyl or cyclic N) is 1. The van der Waals surface area contributed by atoms with Crippen molar-refractivity contribution in [2.45, 2.75) is 31.9 Å². The quantitative estimate of drug-likeness (QED) is 0.424. The van der Waals surface area contributed by atoms with Crippen LogP contribution in [0.25, 0.3) is 0 Å². The molecule has 0 saturated heterocycles. The lowest BCUT2D eigenvalue weighted by molar-refractivity contribution is 0.0739. The van der Waals surface area contributed by atoms with Crippen molar-refractivity contribution in [2.75, 3.05) is 19.8 Å². The lowest BCUT2D eigenvalue weighted by Gasteiger charge is -2.30. The van der Waals surface area contributed by atoms with Crippen LogP contribution >= 0.6 is 0 Å². The molecule has 0 amide bonds. The van der Waals surface area contributed by atoms with Crippen molar-refractivity contribution in [3.05, 3.63) is 0 Å². The summed E-state index contributed by atoms with van der Waals surface area (Å²) in [6.07, 6.45) is 0.168. The van der Waals surface area contributed by atoms with Gasteiger partial charge in [-0.05, 0) is 13.3 Å². The predicted octanol–water partition coefficient (Wildman–Crippen LogP) is -0.910. The predicted molar refractivity (Wildman–Crippen MR) is 46.9 cm³/mol. The summed E-state index contributed by atoms with van der Waals surface area (Å²) in [6, 6.07) is 0. The highest BCUT2D eigenvalue weighted by molar-refractivity contribution is 4.85. The van der Waals surface area contributed by atoms with E-state index in [2.05, 4.69) is 5.32 Å². The number of rotatable bonds is 6. The number of aliphatic hydroxyl groups is 3. The van der Waals surface area contributed by atoms with Crippen LogP contribution in [0.4, 0.5) is 0 Å². The summed E-state index contributed by atoms with van der Waals surface area (Å²) >= 11 is 0. The zero-order valence-corrected chi connectivity index (χ0v) is 7.75. The van der Waals surface area contributed by atoms with Gasteiger partial charge in [-0.15, -0.1) is 0 Å². The molecule has 12 heavy (non-hydrogen) atoms. The third kappa shape index (κ3) is 3.49. The number of hydrogen-bond acceptors (Lipinski definition) is 4. The highest BCUT2D eigenvalue weighted by Gasteiger charge is 2.25. The summed E-state index contributed by atoms with van der Waals surface area (Å²) < 4.78 is 0. The van der Waals surface area contributed by atoms with Crippen LogP contribution in [0, 0.1) is 0 Å². The molecular formula is C8H19NO3. The first-order chi connectivity index (χ1) is 5.60. The van der Waals surface area contributed by atoms with Crippen LogP contribution in [0.2, 0.25) is 0 Å². The van der Waals surface area contributed by atoms with E-state index in [1.165, 1.54) is 0 Å². The van der Waals surface area contributed by atoms with Gasteiger partial charge in [0.1, 0.15) is 0 Å². The van der Waals surface area contributed by atoms with Crippen LogP contribution in [0.15, 0.2) is 0 Å². The molecule has 0 aromatic rings. The highest BCUT2D eigenvalue weighted by atomic mass is 16.3.